The van der Waals surface area contributed by atoms with E-state index in [2.05, 4.69) is 4.98 Å². The normalized spacial score (nSPS) is 24.5. The predicted molar refractivity (Wildman–Crippen MR) is 60.0 cm³/mol. The van der Waals surface area contributed by atoms with Crippen molar-refractivity contribution in [2.45, 2.75) is 31.7 Å². The number of rotatable bonds is 2. The monoisotopic (exact) mass is 238 g/mol. The molecule has 2 rings (SSSR count). The van der Waals surface area contributed by atoms with Crippen LogP contribution in [0.4, 0.5) is 0 Å². The first kappa shape index (κ1) is 11.6. The van der Waals surface area contributed by atoms with Crippen molar-refractivity contribution in [2.75, 3.05) is 0 Å². The number of H-pyrrole nitrogens is 1. The number of nitrogens with one attached hydrogen (secondary N) is 1. The molecule has 2 N–H and O–H groups in total. The fourth-order valence-corrected chi connectivity index (χ4v) is 2.32. The molecule has 0 aliphatic heterocycles. The minimum absolute atomic E-state index is 0.00468. The van der Waals surface area contributed by atoms with Crippen LogP contribution in [0.25, 0.3) is 0 Å². The Bertz CT molecular complexity index is 523. The summed E-state index contributed by atoms with van der Waals surface area (Å²) in [5.41, 5.74) is -0.832. The van der Waals surface area contributed by atoms with Gasteiger partial charge in [0.1, 0.15) is 0 Å². The lowest BCUT2D eigenvalue weighted by molar-refractivity contribution is -0.143. The summed E-state index contributed by atoms with van der Waals surface area (Å²) in [6.45, 7) is 0. The first-order valence-electron chi connectivity index (χ1n) is 5.62. The molecule has 1 aliphatic rings. The second-order valence-electron chi connectivity index (χ2n) is 4.36. The fraction of sp³-hybridized carbons (Fsp3) is 0.545. The van der Waals surface area contributed by atoms with Crippen LogP contribution in [0.1, 0.15) is 31.7 Å². The molecule has 0 bridgehead atoms. The van der Waals surface area contributed by atoms with E-state index in [0.29, 0.717) is 25.7 Å². The lowest BCUT2D eigenvalue weighted by Crippen LogP contribution is -2.33. The Kier molecular flexibility index (Phi) is 3.12. The first-order chi connectivity index (χ1) is 8.08. The molecule has 0 aromatic carbocycles. The number of carboxylic acids is 1. The largest absolute Gasteiger partial charge is 0.481 e. The molecular weight excluding hydrogens is 224 g/mol. The van der Waals surface area contributed by atoms with Gasteiger partial charge in [0.2, 0.25) is 0 Å². The van der Waals surface area contributed by atoms with Gasteiger partial charge in [-0.3, -0.25) is 19.1 Å². The van der Waals surface area contributed by atoms with Crippen LogP contribution < -0.4 is 11.2 Å². The number of nitrogens with zero attached hydrogens (tertiary/aromatic N) is 1. The van der Waals surface area contributed by atoms with Crippen LogP contribution in [0.3, 0.4) is 0 Å². The van der Waals surface area contributed by atoms with Crippen molar-refractivity contribution in [2.24, 2.45) is 5.92 Å². The Morgan fingerprint density at radius 2 is 1.94 bits per heavy atom. The van der Waals surface area contributed by atoms with Gasteiger partial charge in [-0.1, -0.05) is 0 Å². The highest BCUT2D eigenvalue weighted by molar-refractivity contribution is 5.70. The van der Waals surface area contributed by atoms with Gasteiger partial charge in [0.15, 0.2) is 0 Å². The molecule has 17 heavy (non-hydrogen) atoms. The van der Waals surface area contributed by atoms with Gasteiger partial charge in [-0.05, 0) is 25.7 Å². The highest BCUT2D eigenvalue weighted by Crippen LogP contribution is 2.31. The number of aliphatic carboxylic acids is 1. The zero-order valence-corrected chi connectivity index (χ0v) is 9.26. The maximum absolute atomic E-state index is 11.5. The lowest BCUT2D eigenvalue weighted by atomic mass is 9.86. The van der Waals surface area contributed by atoms with Crippen LogP contribution >= 0.6 is 0 Å². The zero-order chi connectivity index (χ0) is 12.4. The molecule has 1 aromatic rings. The van der Waals surface area contributed by atoms with Gasteiger partial charge in [-0.15, -0.1) is 0 Å². The van der Waals surface area contributed by atoms with Crippen molar-refractivity contribution in [3.8, 4) is 0 Å². The van der Waals surface area contributed by atoms with Crippen LogP contribution in [0, 0.1) is 5.92 Å². The van der Waals surface area contributed by atoms with Crippen molar-refractivity contribution in [1.82, 2.24) is 9.55 Å². The van der Waals surface area contributed by atoms with Gasteiger partial charge in [0, 0.05) is 18.3 Å². The summed E-state index contributed by atoms with van der Waals surface area (Å²) < 4.78 is 1.49. The van der Waals surface area contributed by atoms with Crippen molar-refractivity contribution in [1.29, 1.82) is 0 Å². The van der Waals surface area contributed by atoms with Crippen LogP contribution in [-0.2, 0) is 4.79 Å². The third-order valence-electron chi connectivity index (χ3n) is 3.29. The van der Waals surface area contributed by atoms with Crippen LogP contribution in [-0.4, -0.2) is 20.6 Å². The molecule has 0 spiro atoms. The molecular formula is C11H14N2O4. The van der Waals surface area contributed by atoms with Crippen LogP contribution in [0.5, 0.6) is 0 Å². The second kappa shape index (κ2) is 4.57. The Balaban J connectivity index is 2.13. The van der Waals surface area contributed by atoms with E-state index >= 15 is 0 Å². The van der Waals surface area contributed by atoms with Crippen molar-refractivity contribution >= 4 is 5.97 Å². The van der Waals surface area contributed by atoms with Crippen LogP contribution in [0.15, 0.2) is 21.9 Å². The third kappa shape index (κ3) is 2.46. The summed E-state index contributed by atoms with van der Waals surface area (Å²) in [5.74, 6) is -1.07. The second-order valence-corrected chi connectivity index (χ2v) is 4.36. The van der Waals surface area contributed by atoms with E-state index in [1.807, 2.05) is 0 Å². The van der Waals surface area contributed by atoms with E-state index < -0.39 is 17.2 Å². The SMILES string of the molecule is O=C(O)C1CCC(n2ccc(=O)[nH]c2=O)CC1. The van der Waals surface area contributed by atoms with Gasteiger partial charge in [-0.2, -0.15) is 0 Å². The van der Waals surface area contributed by atoms with Gasteiger partial charge in [0.25, 0.3) is 5.56 Å². The molecule has 0 atom stereocenters. The molecule has 1 saturated carbocycles. The number of carbonyl (C=O) groups is 1. The Morgan fingerprint density at radius 3 is 2.47 bits per heavy atom. The summed E-state index contributed by atoms with van der Waals surface area (Å²) in [4.78, 5) is 35.5. The third-order valence-corrected chi connectivity index (χ3v) is 3.29. The number of aromatic amines is 1. The van der Waals surface area contributed by atoms with Crippen LogP contribution in [0.2, 0.25) is 0 Å². The molecule has 0 unspecified atom stereocenters. The minimum Gasteiger partial charge on any atom is -0.481 e. The van der Waals surface area contributed by atoms with Gasteiger partial charge in [0.05, 0.1) is 5.92 Å². The van der Waals surface area contributed by atoms with Crippen molar-refractivity contribution < 1.29 is 9.90 Å². The average molecular weight is 238 g/mol. The molecule has 1 aliphatic carbocycles. The summed E-state index contributed by atoms with van der Waals surface area (Å²) >= 11 is 0. The maximum Gasteiger partial charge on any atom is 0.328 e. The van der Waals surface area contributed by atoms with E-state index in [0.717, 1.165) is 0 Å². The molecule has 6 nitrogen and oxygen atoms in total. The number of hydrogen-bond acceptors (Lipinski definition) is 3. The van der Waals surface area contributed by atoms with Gasteiger partial charge < -0.3 is 5.11 Å². The topological polar surface area (TPSA) is 92.2 Å². The smallest absolute Gasteiger partial charge is 0.328 e. The fourth-order valence-electron chi connectivity index (χ4n) is 2.32. The molecule has 1 aromatic heterocycles. The van der Waals surface area contributed by atoms with E-state index in [4.69, 9.17) is 5.11 Å². The predicted octanol–water partition coefficient (Wildman–Crippen LogP) is 0.353. The Morgan fingerprint density at radius 1 is 1.29 bits per heavy atom. The standard InChI is InChI=1S/C11H14N2O4/c14-9-5-6-13(11(17)12-9)8-3-1-7(2-4-8)10(15)16/h5-8H,1-4H2,(H,15,16)(H,12,14,17). The summed E-state index contributed by atoms with van der Waals surface area (Å²) in [5, 5.41) is 8.87. The zero-order valence-electron chi connectivity index (χ0n) is 9.26. The number of hydrogen-bond donors (Lipinski definition) is 2. The van der Waals surface area contributed by atoms with Crippen molar-refractivity contribution in [3.05, 3.63) is 33.1 Å². The highest BCUT2D eigenvalue weighted by Gasteiger charge is 2.27. The van der Waals surface area contributed by atoms with E-state index in [1.165, 1.54) is 16.8 Å². The molecule has 6 heteroatoms. The van der Waals surface area contributed by atoms with Gasteiger partial charge in [-0.25, -0.2) is 4.79 Å². The van der Waals surface area contributed by atoms with Crippen molar-refractivity contribution in [3.63, 3.8) is 0 Å². The molecule has 0 saturated heterocycles. The average Bonchev–Trinajstić information content (AvgIpc) is 2.29. The van der Waals surface area contributed by atoms with E-state index in [1.54, 1.807) is 0 Å². The quantitative estimate of drug-likeness (QED) is 0.777. The molecule has 1 heterocycles. The molecule has 0 amide bonds. The molecule has 1 fully saturated rings. The number of aromatic nitrogens is 2. The molecule has 0 radical (unpaired) electrons. The Labute approximate surface area is 96.9 Å². The summed E-state index contributed by atoms with van der Waals surface area (Å²) in [7, 11) is 0. The molecule has 92 valence electrons. The lowest BCUT2D eigenvalue weighted by Gasteiger charge is -2.27. The van der Waals surface area contributed by atoms with E-state index in [9.17, 15) is 14.4 Å². The first-order valence-corrected chi connectivity index (χ1v) is 5.62. The van der Waals surface area contributed by atoms with Gasteiger partial charge >= 0.3 is 11.7 Å². The summed E-state index contributed by atoms with van der Waals surface area (Å²) in [6.07, 6.45) is 3.94. The minimum atomic E-state index is -0.766. The Hall–Kier alpha value is -1.85. The highest BCUT2D eigenvalue weighted by atomic mass is 16.4. The van der Waals surface area contributed by atoms with E-state index in [-0.39, 0.29) is 12.0 Å². The summed E-state index contributed by atoms with van der Waals surface area (Å²) in [6, 6.07) is 1.31. The maximum atomic E-state index is 11.5. The number of carboxylic acid groups (broad SMARTS) is 1.